The first-order valence-electron chi connectivity index (χ1n) is 10.8. The molecule has 4 rings (SSSR count). The van der Waals surface area contributed by atoms with E-state index < -0.39 is 11.2 Å². The fraction of sp³-hybridized carbons (Fsp3) is 0.148. The highest BCUT2D eigenvalue weighted by molar-refractivity contribution is 8.05. The number of ether oxygens (including phenoxy) is 1. The lowest BCUT2D eigenvalue weighted by Gasteiger charge is -2.19. The van der Waals surface area contributed by atoms with Gasteiger partial charge in [-0.2, -0.15) is 5.26 Å². The van der Waals surface area contributed by atoms with Gasteiger partial charge in [-0.3, -0.25) is 14.5 Å². The maximum absolute atomic E-state index is 13.6. The first kappa shape index (κ1) is 24.4. The largest absolute Gasteiger partial charge is 0.497 e. The molecule has 0 aliphatic carbocycles. The molecule has 1 fully saturated rings. The third kappa shape index (κ3) is 5.35. The standard InChI is InChI=1S/C27H22ClN3O3S/c1-17-7-11-19(12-8-17)31-26(33)24(15-18-9-13-20(34-2)14-10-18)35-27(31)21(16-29)25(32)30-23-6-4-3-5-22(23)28/h3-14,24H,15H2,1-2H3,(H,30,32)/b27-21-/t24-/m1/s1. The Morgan fingerprint density at radius 3 is 2.43 bits per heavy atom. The number of anilines is 2. The summed E-state index contributed by atoms with van der Waals surface area (Å²) in [5.41, 5.74) is 2.81. The first-order valence-corrected chi connectivity index (χ1v) is 12.1. The molecular weight excluding hydrogens is 482 g/mol. The number of benzene rings is 3. The number of hydrogen-bond acceptors (Lipinski definition) is 5. The average Bonchev–Trinajstić information content (AvgIpc) is 3.17. The summed E-state index contributed by atoms with van der Waals surface area (Å²) in [7, 11) is 1.60. The highest BCUT2D eigenvalue weighted by Crippen LogP contribution is 2.42. The molecule has 176 valence electrons. The number of rotatable bonds is 6. The molecule has 35 heavy (non-hydrogen) atoms. The van der Waals surface area contributed by atoms with Crippen molar-refractivity contribution in [3.8, 4) is 11.8 Å². The molecule has 1 atom stereocenters. The molecule has 3 aromatic carbocycles. The third-order valence-electron chi connectivity index (χ3n) is 5.50. The van der Waals surface area contributed by atoms with Crippen LogP contribution >= 0.6 is 23.4 Å². The Kier molecular flexibility index (Phi) is 7.45. The third-order valence-corrected chi connectivity index (χ3v) is 7.09. The highest BCUT2D eigenvalue weighted by Gasteiger charge is 2.40. The summed E-state index contributed by atoms with van der Waals surface area (Å²) in [5, 5.41) is 12.8. The van der Waals surface area contributed by atoms with Crippen molar-refractivity contribution < 1.29 is 14.3 Å². The van der Waals surface area contributed by atoms with E-state index in [9.17, 15) is 14.9 Å². The summed E-state index contributed by atoms with van der Waals surface area (Å²) < 4.78 is 5.21. The Hall–Kier alpha value is -3.73. The number of carbonyl (C=O) groups excluding carboxylic acids is 2. The molecule has 2 amide bonds. The molecule has 0 spiro atoms. The smallest absolute Gasteiger partial charge is 0.269 e. The van der Waals surface area contributed by atoms with Crippen molar-refractivity contribution in [2.45, 2.75) is 18.6 Å². The number of amides is 2. The molecule has 0 saturated carbocycles. The first-order chi connectivity index (χ1) is 16.9. The summed E-state index contributed by atoms with van der Waals surface area (Å²) in [4.78, 5) is 28.2. The van der Waals surface area contributed by atoms with Gasteiger partial charge in [0, 0.05) is 5.69 Å². The zero-order valence-corrected chi connectivity index (χ0v) is 20.7. The fourth-order valence-corrected chi connectivity index (χ4v) is 5.13. The second-order valence-corrected chi connectivity index (χ2v) is 9.49. The zero-order chi connectivity index (χ0) is 24.9. The summed E-state index contributed by atoms with van der Waals surface area (Å²) >= 11 is 7.40. The Labute approximate surface area is 213 Å². The van der Waals surface area contributed by atoms with Crippen molar-refractivity contribution in [2.75, 3.05) is 17.3 Å². The molecule has 3 aromatic rings. The van der Waals surface area contributed by atoms with Crippen LogP contribution in [-0.4, -0.2) is 24.2 Å². The molecule has 1 aliphatic rings. The zero-order valence-electron chi connectivity index (χ0n) is 19.1. The number of nitrogens with zero attached hydrogens (tertiary/aromatic N) is 2. The topological polar surface area (TPSA) is 82.4 Å². The molecule has 1 N–H and O–H groups in total. The number of thioether (sulfide) groups is 1. The second-order valence-electron chi connectivity index (χ2n) is 7.89. The van der Waals surface area contributed by atoms with Gasteiger partial charge in [0.2, 0.25) is 5.91 Å². The van der Waals surface area contributed by atoms with Gasteiger partial charge < -0.3 is 10.1 Å². The molecule has 1 aliphatic heterocycles. The molecule has 0 unspecified atom stereocenters. The minimum Gasteiger partial charge on any atom is -0.497 e. The van der Waals surface area contributed by atoms with E-state index in [4.69, 9.17) is 16.3 Å². The van der Waals surface area contributed by atoms with Crippen molar-refractivity contribution in [2.24, 2.45) is 0 Å². The van der Waals surface area contributed by atoms with Crippen LogP contribution in [0.1, 0.15) is 11.1 Å². The predicted octanol–water partition coefficient (Wildman–Crippen LogP) is 5.72. The number of methoxy groups -OCH3 is 1. The maximum Gasteiger partial charge on any atom is 0.269 e. The van der Waals surface area contributed by atoms with Crippen LogP contribution in [0, 0.1) is 18.3 Å². The van der Waals surface area contributed by atoms with Gasteiger partial charge >= 0.3 is 0 Å². The molecule has 0 radical (unpaired) electrons. The number of nitriles is 1. The predicted molar refractivity (Wildman–Crippen MR) is 139 cm³/mol. The molecule has 0 bridgehead atoms. The Morgan fingerprint density at radius 2 is 1.80 bits per heavy atom. The van der Waals surface area contributed by atoms with Crippen LogP contribution in [-0.2, 0) is 16.0 Å². The number of carbonyl (C=O) groups is 2. The van der Waals surface area contributed by atoms with Crippen LogP contribution < -0.4 is 15.0 Å². The SMILES string of the molecule is COc1ccc(C[C@H]2S/C(=C(/C#N)C(=O)Nc3ccccc3Cl)N(c3ccc(C)cc3)C2=O)cc1. The van der Waals surface area contributed by atoms with Crippen LogP contribution in [0.15, 0.2) is 83.4 Å². The number of hydrogen-bond donors (Lipinski definition) is 1. The summed E-state index contributed by atoms with van der Waals surface area (Å²) in [6, 6.07) is 23.7. The lowest BCUT2D eigenvalue weighted by molar-refractivity contribution is -0.117. The number of nitrogens with one attached hydrogen (secondary N) is 1. The van der Waals surface area contributed by atoms with E-state index in [0.717, 1.165) is 16.9 Å². The van der Waals surface area contributed by atoms with E-state index in [0.29, 0.717) is 27.8 Å². The van der Waals surface area contributed by atoms with Gasteiger partial charge in [0.15, 0.2) is 0 Å². The molecule has 1 saturated heterocycles. The van der Waals surface area contributed by atoms with Gasteiger partial charge in [-0.25, -0.2) is 0 Å². The monoisotopic (exact) mass is 503 g/mol. The van der Waals surface area contributed by atoms with E-state index in [-0.39, 0.29) is 11.5 Å². The van der Waals surface area contributed by atoms with Crippen LogP contribution in [0.4, 0.5) is 11.4 Å². The number of aryl methyl sites for hydroxylation is 1. The summed E-state index contributed by atoms with van der Waals surface area (Å²) in [6.07, 6.45) is 0.435. The van der Waals surface area contributed by atoms with Crippen LogP contribution in [0.3, 0.4) is 0 Å². The van der Waals surface area contributed by atoms with Crippen LogP contribution in [0.5, 0.6) is 5.75 Å². The maximum atomic E-state index is 13.6. The number of para-hydroxylation sites is 1. The van der Waals surface area contributed by atoms with Crippen molar-refractivity contribution in [1.82, 2.24) is 0 Å². The number of halogens is 1. The molecule has 1 heterocycles. The highest BCUT2D eigenvalue weighted by atomic mass is 35.5. The van der Waals surface area contributed by atoms with Gasteiger partial charge in [0.05, 0.1) is 23.1 Å². The van der Waals surface area contributed by atoms with Gasteiger partial charge in [-0.05, 0) is 55.3 Å². The Bertz CT molecular complexity index is 1330. The van der Waals surface area contributed by atoms with Gasteiger partial charge in [0.25, 0.3) is 5.91 Å². The quantitative estimate of drug-likeness (QED) is 0.343. The Morgan fingerprint density at radius 1 is 1.11 bits per heavy atom. The summed E-state index contributed by atoms with van der Waals surface area (Å²) in [6.45, 7) is 1.95. The minimum atomic E-state index is -0.627. The summed E-state index contributed by atoms with van der Waals surface area (Å²) in [5.74, 6) is -0.0925. The second kappa shape index (κ2) is 10.7. The van der Waals surface area contributed by atoms with E-state index in [1.54, 1.807) is 31.4 Å². The molecule has 0 aromatic heterocycles. The van der Waals surface area contributed by atoms with Crippen LogP contribution in [0.2, 0.25) is 5.02 Å². The molecular formula is C27H22ClN3O3S. The van der Waals surface area contributed by atoms with Crippen molar-refractivity contribution in [3.05, 3.63) is 99.5 Å². The van der Waals surface area contributed by atoms with Crippen molar-refractivity contribution in [3.63, 3.8) is 0 Å². The van der Waals surface area contributed by atoms with E-state index >= 15 is 0 Å². The van der Waals surface area contributed by atoms with Gasteiger partial charge in [-0.15, -0.1) is 0 Å². The average molecular weight is 504 g/mol. The van der Waals surface area contributed by atoms with Crippen molar-refractivity contribution in [1.29, 1.82) is 5.26 Å². The van der Waals surface area contributed by atoms with Gasteiger partial charge in [0.1, 0.15) is 22.4 Å². The minimum absolute atomic E-state index is 0.152. The van der Waals surface area contributed by atoms with Gasteiger partial charge in [-0.1, -0.05) is 65.3 Å². The van der Waals surface area contributed by atoms with E-state index in [2.05, 4.69) is 5.32 Å². The fourth-order valence-electron chi connectivity index (χ4n) is 3.64. The molecule has 8 heteroatoms. The Balaban J connectivity index is 1.71. The van der Waals surface area contributed by atoms with E-state index in [1.807, 2.05) is 61.5 Å². The van der Waals surface area contributed by atoms with Crippen molar-refractivity contribution >= 4 is 46.6 Å². The van der Waals surface area contributed by atoms with E-state index in [1.165, 1.54) is 16.7 Å². The van der Waals surface area contributed by atoms with Crippen LogP contribution in [0.25, 0.3) is 0 Å². The normalized spacial score (nSPS) is 16.6. The molecule has 6 nitrogen and oxygen atoms in total. The lowest BCUT2D eigenvalue weighted by atomic mass is 10.1. The lowest BCUT2D eigenvalue weighted by Crippen LogP contribution is -2.30.